The molecule has 2 rings (SSSR count). The van der Waals surface area contributed by atoms with Gasteiger partial charge < -0.3 is 15.2 Å². The van der Waals surface area contributed by atoms with Crippen LogP contribution in [0.4, 0.5) is 30.2 Å². The average Bonchev–Trinajstić information content (AvgIpc) is 2.46. The van der Waals surface area contributed by atoms with Crippen LogP contribution in [0.15, 0.2) is 42.5 Å². The summed E-state index contributed by atoms with van der Waals surface area (Å²) in [6.45, 7) is 0. The number of halogens is 3. The molecule has 0 saturated carbocycles. The van der Waals surface area contributed by atoms with Crippen LogP contribution in [0.3, 0.4) is 0 Å². The van der Waals surface area contributed by atoms with Gasteiger partial charge in [-0.3, -0.25) is 10.1 Å². The molecule has 0 aliphatic heterocycles. The summed E-state index contributed by atoms with van der Waals surface area (Å²) in [6.07, 6.45) is -4.57. The standard InChI is InChI=1S/C14H9F3N2O4.Na/c15-14(16,17)8-2-1-3-9(6-8)18-12-7-10(19(22)23)4-5-11(12)13(20)21;/h1-7,18H,(H,20,21);/q;+1/p-1. The van der Waals surface area contributed by atoms with Crippen molar-refractivity contribution >= 4 is 23.0 Å². The first-order valence-electron chi connectivity index (χ1n) is 6.12. The first-order chi connectivity index (χ1) is 10.7. The van der Waals surface area contributed by atoms with Crippen molar-refractivity contribution in [2.75, 3.05) is 5.32 Å². The first kappa shape index (κ1) is 19.9. The molecule has 120 valence electrons. The molecule has 24 heavy (non-hydrogen) atoms. The summed E-state index contributed by atoms with van der Waals surface area (Å²) < 4.78 is 38.0. The van der Waals surface area contributed by atoms with Crippen molar-refractivity contribution < 1.29 is 57.6 Å². The van der Waals surface area contributed by atoms with Crippen LogP contribution in [0, 0.1) is 10.1 Å². The second kappa shape index (κ2) is 7.65. The predicted octanol–water partition coefficient (Wildman–Crippen LogP) is -0.275. The zero-order chi connectivity index (χ0) is 17.2. The number of nitro groups is 1. The number of hydrogen-bond donors (Lipinski definition) is 1. The maximum Gasteiger partial charge on any atom is 1.00 e. The third-order valence-electron chi connectivity index (χ3n) is 2.90. The molecule has 0 spiro atoms. The van der Waals surface area contributed by atoms with E-state index < -0.39 is 33.9 Å². The minimum absolute atomic E-state index is 0. The summed E-state index contributed by atoms with van der Waals surface area (Å²) in [5.41, 5.74) is -2.07. The van der Waals surface area contributed by atoms with Crippen molar-refractivity contribution in [3.63, 3.8) is 0 Å². The Balaban J connectivity index is 0.00000288. The second-order valence-corrected chi connectivity index (χ2v) is 4.48. The Morgan fingerprint density at radius 1 is 1.12 bits per heavy atom. The van der Waals surface area contributed by atoms with Gasteiger partial charge in [-0.25, -0.2) is 0 Å². The third kappa shape index (κ3) is 4.70. The molecule has 0 saturated heterocycles. The fourth-order valence-electron chi connectivity index (χ4n) is 1.86. The van der Waals surface area contributed by atoms with Crippen LogP contribution in [0.25, 0.3) is 0 Å². The number of carboxylic acids is 1. The molecule has 2 aromatic carbocycles. The minimum atomic E-state index is -4.57. The number of carboxylic acid groups (broad SMARTS) is 1. The number of rotatable bonds is 4. The van der Waals surface area contributed by atoms with Gasteiger partial charge in [-0.15, -0.1) is 0 Å². The second-order valence-electron chi connectivity index (χ2n) is 4.48. The molecule has 0 heterocycles. The van der Waals surface area contributed by atoms with E-state index in [9.17, 15) is 33.2 Å². The van der Waals surface area contributed by atoms with Gasteiger partial charge in [0.2, 0.25) is 0 Å². The van der Waals surface area contributed by atoms with E-state index in [4.69, 9.17) is 0 Å². The number of aromatic carboxylic acids is 1. The van der Waals surface area contributed by atoms with Crippen LogP contribution < -0.4 is 40.0 Å². The minimum Gasteiger partial charge on any atom is -0.545 e. The maximum absolute atomic E-state index is 12.7. The smallest absolute Gasteiger partial charge is 0.545 e. The monoisotopic (exact) mass is 348 g/mol. The first-order valence-corrected chi connectivity index (χ1v) is 6.12. The number of non-ortho nitro benzene ring substituents is 1. The van der Waals surface area contributed by atoms with Crippen molar-refractivity contribution in [3.05, 3.63) is 63.7 Å². The van der Waals surface area contributed by atoms with Gasteiger partial charge in [0.15, 0.2) is 0 Å². The molecular weight excluding hydrogens is 340 g/mol. The molecule has 0 radical (unpaired) electrons. The van der Waals surface area contributed by atoms with E-state index in [0.717, 1.165) is 36.4 Å². The molecule has 1 N–H and O–H groups in total. The molecule has 0 bridgehead atoms. The summed E-state index contributed by atoms with van der Waals surface area (Å²) in [5.74, 6) is -1.62. The van der Waals surface area contributed by atoms with Gasteiger partial charge >= 0.3 is 35.7 Å². The van der Waals surface area contributed by atoms with E-state index in [1.54, 1.807) is 0 Å². The zero-order valence-corrected chi connectivity index (χ0v) is 14.3. The van der Waals surface area contributed by atoms with Gasteiger partial charge in [0, 0.05) is 23.4 Å². The van der Waals surface area contributed by atoms with Gasteiger partial charge in [-0.1, -0.05) is 6.07 Å². The fraction of sp³-hybridized carbons (Fsp3) is 0.0714. The van der Waals surface area contributed by atoms with Gasteiger partial charge in [-0.2, -0.15) is 13.2 Å². The van der Waals surface area contributed by atoms with Gasteiger partial charge in [-0.05, 0) is 24.3 Å². The molecular formula is C14H8F3N2NaO4. The van der Waals surface area contributed by atoms with E-state index in [0.29, 0.717) is 0 Å². The van der Waals surface area contributed by atoms with Crippen LogP contribution >= 0.6 is 0 Å². The summed E-state index contributed by atoms with van der Waals surface area (Å²) in [7, 11) is 0. The molecule has 0 unspecified atom stereocenters. The van der Waals surface area contributed by atoms with Crippen molar-refractivity contribution in [2.24, 2.45) is 0 Å². The number of hydrogen-bond acceptors (Lipinski definition) is 5. The average molecular weight is 348 g/mol. The van der Waals surface area contributed by atoms with E-state index in [-0.39, 0.29) is 40.9 Å². The molecule has 10 heteroatoms. The Morgan fingerprint density at radius 3 is 2.33 bits per heavy atom. The van der Waals surface area contributed by atoms with Crippen molar-refractivity contribution in [1.29, 1.82) is 0 Å². The summed E-state index contributed by atoms with van der Waals surface area (Å²) in [4.78, 5) is 21.0. The van der Waals surface area contributed by atoms with E-state index in [1.807, 2.05) is 0 Å². The number of alkyl halides is 3. The van der Waals surface area contributed by atoms with Crippen LogP contribution in [0.5, 0.6) is 0 Å². The van der Waals surface area contributed by atoms with Gasteiger partial charge in [0.05, 0.1) is 22.1 Å². The Labute approximate surface area is 155 Å². The van der Waals surface area contributed by atoms with E-state index >= 15 is 0 Å². The molecule has 2 aromatic rings. The molecule has 0 atom stereocenters. The van der Waals surface area contributed by atoms with Crippen LogP contribution in [-0.4, -0.2) is 10.9 Å². The van der Waals surface area contributed by atoms with Crippen molar-refractivity contribution in [1.82, 2.24) is 0 Å². The van der Waals surface area contributed by atoms with Crippen LogP contribution in [0.1, 0.15) is 15.9 Å². The number of carbonyl (C=O) groups excluding carboxylic acids is 1. The zero-order valence-electron chi connectivity index (χ0n) is 12.3. The SMILES string of the molecule is O=C([O-])c1ccc([N+](=O)[O-])cc1Nc1cccc(C(F)(F)F)c1.[Na+]. The van der Waals surface area contributed by atoms with E-state index in [2.05, 4.69) is 5.32 Å². The van der Waals surface area contributed by atoms with Gasteiger partial charge in [0.25, 0.3) is 5.69 Å². The number of nitrogens with one attached hydrogen (secondary N) is 1. The summed E-state index contributed by atoms with van der Waals surface area (Å²) in [6, 6.07) is 6.82. The van der Waals surface area contributed by atoms with E-state index in [1.165, 1.54) is 6.07 Å². The predicted molar refractivity (Wildman–Crippen MR) is 72.2 cm³/mol. The number of anilines is 2. The molecule has 0 aliphatic carbocycles. The van der Waals surface area contributed by atoms with Crippen LogP contribution in [-0.2, 0) is 6.18 Å². The summed E-state index contributed by atoms with van der Waals surface area (Å²) in [5, 5.41) is 24.2. The number of benzene rings is 2. The van der Waals surface area contributed by atoms with Crippen molar-refractivity contribution in [3.8, 4) is 0 Å². The third-order valence-corrected chi connectivity index (χ3v) is 2.90. The Kier molecular flexibility index (Phi) is 6.35. The Hall–Kier alpha value is -2.10. The van der Waals surface area contributed by atoms with Crippen molar-refractivity contribution in [2.45, 2.75) is 6.18 Å². The number of carbonyl (C=O) groups is 1. The molecule has 0 aliphatic rings. The number of nitrogens with zero attached hydrogens (tertiary/aromatic N) is 1. The fourth-order valence-corrected chi connectivity index (χ4v) is 1.86. The van der Waals surface area contributed by atoms with Crippen LogP contribution in [0.2, 0.25) is 0 Å². The Morgan fingerprint density at radius 2 is 1.79 bits per heavy atom. The number of nitro benzene ring substituents is 1. The molecule has 0 fully saturated rings. The largest absolute Gasteiger partial charge is 1.00 e. The maximum atomic E-state index is 12.7. The normalized spacial score (nSPS) is 10.6. The molecule has 0 aromatic heterocycles. The Bertz CT molecular complexity index is 781. The molecule has 0 amide bonds. The quantitative estimate of drug-likeness (QED) is 0.466. The molecule has 6 nitrogen and oxygen atoms in total. The van der Waals surface area contributed by atoms with Gasteiger partial charge in [0.1, 0.15) is 0 Å². The topological polar surface area (TPSA) is 95.3 Å². The summed E-state index contributed by atoms with van der Waals surface area (Å²) >= 11 is 0.